The van der Waals surface area contributed by atoms with Crippen LogP contribution < -0.4 is 24.3 Å². The minimum Gasteiger partial charge on any atom is -0.454 e. The Kier molecular flexibility index (Phi) is 5.31. The average molecular weight is 541 g/mol. The molecular weight excluding hydrogens is 512 g/mol. The lowest BCUT2D eigenvalue weighted by Crippen LogP contribution is -2.31. The highest BCUT2D eigenvalue weighted by atomic mass is 16.7. The Morgan fingerprint density at radius 1 is 0.750 bits per heavy atom. The first kappa shape index (κ1) is 23.4. The minimum absolute atomic E-state index is 0.102. The molecule has 204 valence electrons. The van der Waals surface area contributed by atoms with Crippen molar-refractivity contribution in [3.8, 4) is 23.0 Å². The first-order valence-corrected chi connectivity index (χ1v) is 13.8. The number of aromatic nitrogens is 2. The van der Waals surface area contributed by atoms with E-state index >= 15 is 0 Å². The van der Waals surface area contributed by atoms with Crippen molar-refractivity contribution in [1.82, 2.24) is 19.8 Å². The predicted molar refractivity (Wildman–Crippen MR) is 147 cm³/mol. The number of piperidine rings is 1. The van der Waals surface area contributed by atoms with E-state index < -0.39 is 11.8 Å². The molecule has 0 atom stereocenters. The molecule has 10 nitrogen and oxygen atoms in total. The lowest BCUT2D eigenvalue weighted by molar-refractivity contribution is -0.122. The third-order valence-corrected chi connectivity index (χ3v) is 8.35. The molecule has 0 aliphatic carbocycles. The number of imide groups is 1. The van der Waals surface area contributed by atoms with E-state index in [2.05, 4.69) is 19.8 Å². The van der Waals surface area contributed by atoms with Crippen molar-refractivity contribution in [2.24, 2.45) is 0 Å². The summed E-state index contributed by atoms with van der Waals surface area (Å²) in [6.07, 6.45) is 8.53. The third-order valence-electron chi connectivity index (χ3n) is 8.35. The smallest absolute Gasteiger partial charge is 0.259 e. The molecule has 1 saturated heterocycles. The highest BCUT2D eigenvalue weighted by Gasteiger charge is 2.37. The molecule has 2 N–H and O–H groups in total. The van der Waals surface area contributed by atoms with Gasteiger partial charge in [-0.05, 0) is 63.2 Å². The monoisotopic (exact) mass is 540 g/mol. The van der Waals surface area contributed by atoms with Crippen LogP contribution in [-0.4, -0.2) is 59.5 Å². The van der Waals surface area contributed by atoms with Crippen LogP contribution in [0.2, 0.25) is 0 Å². The van der Waals surface area contributed by atoms with Gasteiger partial charge in [0, 0.05) is 30.1 Å². The Hall–Kier alpha value is -4.44. The molecule has 4 aromatic rings. The van der Waals surface area contributed by atoms with E-state index in [-0.39, 0.29) is 13.6 Å². The van der Waals surface area contributed by atoms with Gasteiger partial charge in [0.2, 0.25) is 13.6 Å². The molecule has 4 aliphatic rings. The zero-order valence-corrected chi connectivity index (χ0v) is 21.9. The number of nitrogens with one attached hydrogen (secondary N) is 2. The molecule has 0 bridgehead atoms. The molecule has 6 heterocycles. The molecule has 1 fully saturated rings. The van der Waals surface area contributed by atoms with Gasteiger partial charge in [-0.2, -0.15) is 0 Å². The van der Waals surface area contributed by atoms with Crippen LogP contribution in [0.15, 0.2) is 36.7 Å². The summed E-state index contributed by atoms with van der Waals surface area (Å²) in [6.45, 7) is 4.31. The molecule has 2 aromatic carbocycles. The number of amides is 2. The number of ether oxygens (including phenoxy) is 4. The van der Waals surface area contributed by atoms with Crippen LogP contribution in [0.1, 0.15) is 36.8 Å². The Labute approximate surface area is 229 Å². The highest BCUT2D eigenvalue weighted by Crippen LogP contribution is 2.48. The Morgan fingerprint density at radius 3 is 2.23 bits per heavy atom. The van der Waals surface area contributed by atoms with E-state index in [1.807, 2.05) is 30.5 Å². The number of carbonyl (C=O) groups is 2. The largest absolute Gasteiger partial charge is 0.454 e. The Balaban J connectivity index is 1.29. The van der Waals surface area contributed by atoms with E-state index in [9.17, 15) is 9.59 Å². The summed E-state index contributed by atoms with van der Waals surface area (Å²) >= 11 is 0. The number of carbonyl (C=O) groups excluding carboxylic acids is 2. The predicted octanol–water partition coefficient (Wildman–Crippen LogP) is 4.02. The second-order valence-corrected chi connectivity index (χ2v) is 10.6. The van der Waals surface area contributed by atoms with E-state index in [1.165, 1.54) is 19.3 Å². The minimum atomic E-state index is -0.451. The molecule has 0 saturated carbocycles. The SMILES string of the molecule is O=C1NC(=O)C(c2cn(CCCN3CCCCC3)c3ccc4c(c23)OCO4)=C1c1c[nH]c2ccc3c(c12)OCO3. The van der Waals surface area contributed by atoms with Crippen LogP contribution >= 0.6 is 0 Å². The lowest BCUT2D eigenvalue weighted by Gasteiger charge is -2.26. The molecule has 10 heteroatoms. The zero-order valence-electron chi connectivity index (χ0n) is 21.9. The van der Waals surface area contributed by atoms with Crippen LogP contribution in [-0.2, 0) is 16.1 Å². The molecule has 8 rings (SSSR count). The van der Waals surface area contributed by atoms with Crippen molar-refractivity contribution in [3.05, 3.63) is 47.8 Å². The van der Waals surface area contributed by atoms with Crippen molar-refractivity contribution in [2.45, 2.75) is 32.2 Å². The van der Waals surface area contributed by atoms with Gasteiger partial charge in [0.05, 0.1) is 33.0 Å². The number of rotatable bonds is 6. The molecule has 0 unspecified atom stereocenters. The number of aromatic amines is 1. The molecule has 2 aromatic heterocycles. The number of nitrogens with zero attached hydrogens (tertiary/aromatic N) is 2. The van der Waals surface area contributed by atoms with Gasteiger partial charge in [-0.15, -0.1) is 0 Å². The van der Waals surface area contributed by atoms with Gasteiger partial charge in [0.15, 0.2) is 23.0 Å². The quantitative estimate of drug-likeness (QED) is 0.356. The summed E-state index contributed by atoms with van der Waals surface area (Å²) in [7, 11) is 0. The number of fused-ring (bicyclic) bond motifs is 6. The summed E-state index contributed by atoms with van der Waals surface area (Å²) in [6, 6.07) is 7.63. The zero-order chi connectivity index (χ0) is 26.8. The first-order valence-electron chi connectivity index (χ1n) is 13.8. The lowest BCUT2D eigenvalue weighted by atomic mass is 9.95. The summed E-state index contributed by atoms with van der Waals surface area (Å²) in [5.74, 6) is 1.50. The molecule has 4 aliphatic heterocycles. The number of H-pyrrole nitrogens is 1. The van der Waals surface area contributed by atoms with Gasteiger partial charge in [-0.25, -0.2) is 0 Å². The van der Waals surface area contributed by atoms with Crippen molar-refractivity contribution in [3.63, 3.8) is 0 Å². The first-order chi connectivity index (χ1) is 19.7. The standard InChI is InChI=1S/C30H28N4O6/c35-29-25(17-13-31-19-5-7-21-27(23(17)19)39-15-37-21)26(30(36)32-29)18-14-34(12-4-11-33-9-2-1-3-10-33)20-6-8-22-28(24(18)20)40-16-38-22/h5-8,13-14,31H,1-4,9-12,15-16H2,(H,32,35,36). The maximum atomic E-state index is 13.5. The summed E-state index contributed by atoms with van der Waals surface area (Å²) in [5, 5.41) is 4.02. The van der Waals surface area contributed by atoms with Crippen molar-refractivity contribution >= 4 is 44.8 Å². The van der Waals surface area contributed by atoms with Gasteiger partial charge in [-0.3, -0.25) is 14.9 Å². The molecule has 0 spiro atoms. The van der Waals surface area contributed by atoms with Crippen molar-refractivity contribution in [2.75, 3.05) is 33.2 Å². The molecule has 0 radical (unpaired) electrons. The van der Waals surface area contributed by atoms with Crippen molar-refractivity contribution in [1.29, 1.82) is 0 Å². The highest BCUT2D eigenvalue weighted by molar-refractivity contribution is 6.51. The summed E-state index contributed by atoms with van der Waals surface area (Å²) in [5.41, 5.74) is 3.57. The fourth-order valence-corrected chi connectivity index (χ4v) is 6.52. The maximum absolute atomic E-state index is 13.5. The molecule has 2 amide bonds. The second-order valence-electron chi connectivity index (χ2n) is 10.6. The summed E-state index contributed by atoms with van der Waals surface area (Å²) in [4.78, 5) is 32.6. The number of benzene rings is 2. The van der Waals surface area contributed by atoms with Crippen LogP contribution in [0.25, 0.3) is 33.0 Å². The van der Waals surface area contributed by atoms with Crippen LogP contribution in [0, 0.1) is 0 Å². The Morgan fingerprint density at radius 2 is 1.45 bits per heavy atom. The number of likely N-dealkylation sites (tertiary alicyclic amines) is 1. The summed E-state index contributed by atoms with van der Waals surface area (Å²) < 4.78 is 25.1. The van der Waals surface area contributed by atoms with Gasteiger partial charge >= 0.3 is 0 Å². The third kappa shape index (κ3) is 3.52. The normalized spacial score (nSPS) is 18.5. The van der Waals surface area contributed by atoms with Gasteiger partial charge in [0.1, 0.15) is 0 Å². The Bertz CT molecular complexity index is 1740. The van der Waals surface area contributed by atoms with Gasteiger partial charge < -0.3 is 33.4 Å². The average Bonchev–Trinajstić information content (AvgIpc) is 3.78. The molecule has 40 heavy (non-hydrogen) atoms. The number of hydrogen-bond donors (Lipinski definition) is 2. The van der Waals surface area contributed by atoms with Gasteiger partial charge in [-0.1, -0.05) is 6.42 Å². The van der Waals surface area contributed by atoms with Crippen LogP contribution in [0.3, 0.4) is 0 Å². The fraction of sp³-hybridized carbons (Fsp3) is 0.333. The van der Waals surface area contributed by atoms with Gasteiger partial charge in [0.25, 0.3) is 11.8 Å². The topological polar surface area (TPSA) is 107 Å². The van der Waals surface area contributed by atoms with E-state index in [0.717, 1.165) is 49.0 Å². The van der Waals surface area contributed by atoms with Crippen LogP contribution in [0.4, 0.5) is 0 Å². The number of aryl methyl sites for hydroxylation is 1. The molecular formula is C30H28N4O6. The number of hydrogen-bond acceptors (Lipinski definition) is 7. The van der Waals surface area contributed by atoms with E-state index in [0.29, 0.717) is 50.7 Å². The maximum Gasteiger partial charge on any atom is 0.259 e. The van der Waals surface area contributed by atoms with Crippen LogP contribution in [0.5, 0.6) is 23.0 Å². The van der Waals surface area contributed by atoms with Crippen molar-refractivity contribution < 1.29 is 28.5 Å². The van der Waals surface area contributed by atoms with E-state index in [4.69, 9.17) is 18.9 Å². The van der Waals surface area contributed by atoms with E-state index in [1.54, 1.807) is 6.20 Å². The fourth-order valence-electron chi connectivity index (χ4n) is 6.52. The second kappa shape index (κ2) is 9.06.